The van der Waals surface area contributed by atoms with Gasteiger partial charge in [0.2, 0.25) is 0 Å². The van der Waals surface area contributed by atoms with Gasteiger partial charge in [-0.1, -0.05) is 235 Å². The van der Waals surface area contributed by atoms with Crippen LogP contribution >= 0.6 is 0 Å². The second-order valence-corrected chi connectivity index (χ2v) is 33.5. The molecule has 0 aromatic heterocycles. The van der Waals surface area contributed by atoms with E-state index in [9.17, 15) is 39.6 Å². The first-order chi connectivity index (χ1) is 42.4. The number of benzene rings is 4. The molecule has 512 valence electrons. The van der Waals surface area contributed by atoms with E-state index in [1.54, 1.807) is 0 Å². The van der Waals surface area contributed by atoms with E-state index in [0.717, 1.165) is 66.8 Å². The van der Waals surface area contributed by atoms with Gasteiger partial charge in [0, 0.05) is 24.9 Å². The Morgan fingerprint density at radius 2 is 0.430 bits per heavy atom. The summed E-state index contributed by atoms with van der Waals surface area (Å²) in [7, 11) is 0. The summed E-state index contributed by atoms with van der Waals surface area (Å²) in [4.78, 5) is 75.4. The van der Waals surface area contributed by atoms with Gasteiger partial charge in [-0.2, -0.15) is 0 Å². The molecule has 4 N–H and O–H groups in total. The molecule has 0 heterocycles. The standard InChI is InChI=1S/C77H112N4O12/c1-69(2,3)53-41-49(42-54(65(53)86)70(4,5)6)25-29-61(82)90-78-37-33-77(34-38-79-91-62(83)30-26-50-43-55(71(7,8)9)66(87)56(44-50)72(10,11)12,35-39-80-92-63(84)31-27-51-45-57(73(13,14)15)67(88)58(46-51)74(16,17)18)36-40-81-93-64(85)32-28-52-47-59(75(19,20)21)68(89)60(48-52)76(22,23)24/h37-48,86-89H,25-36H2,1-24H3. The fourth-order valence-electron chi connectivity index (χ4n) is 10.9. The molecule has 4 aromatic carbocycles. The number of aromatic hydroxyl groups is 4. The van der Waals surface area contributed by atoms with E-state index in [0.29, 0.717) is 25.7 Å². The SMILES string of the molecule is CC(C)(C)c1cc(CCC(=O)ON=CCC(CC=NOC(=O)CCc2cc(C(C)(C)C)c(O)c(C(C)(C)C)c2)(CC=NOC(=O)CCc2cc(C(C)(C)C)c(O)c(C(C)(C)C)c2)CC=NOC(=O)CCc2cc(C(C)(C)C)c(O)c(C(C)(C)C)c2)cc(C(C)(C)C)c1O. The van der Waals surface area contributed by atoms with Crippen LogP contribution in [-0.4, -0.2) is 69.2 Å². The van der Waals surface area contributed by atoms with Gasteiger partial charge in [-0.3, -0.25) is 0 Å². The first-order valence-electron chi connectivity index (χ1n) is 32.8. The summed E-state index contributed by atoms with van der Waals surface area (Å²) in [5.41, 5.74) is 5.71. The summed E-state index contributed by atoms with van der Waals surface area (Å²) in [6.45, 7) is 48.6. The Bertz CT molecular complexity index is 2810. The predicted molar refractivity (Wildman–Crippen MR) is 375 cm³/mol. The normalized spacial score (nSPS) is 13.9. The lowest BCUT2D eigenvalue weighted by Crippen LogP contribution is -2.24. The number of phenols is 4. The third kappa shape index (κ3) is 23.6. The number of hydrogen-bond acceptors (Lipinski definition) is 16. The maximum Gasteiger partial charge on any atom is 0.335 e. The van der Waals surface area contributed by atoms with Crippen molar-refractivity contribution in [3.63, 3.8) is 0 Å². The van der Waals surface area contributed by atoms with E-state index in [4.69, 9.17) is 19.4 Å². The van der Waals surface area contributed by atoms with Crippen molar-refractivity contribution in [3.05, 3.63) is 115 Å². The van der Waals surface area contributed by atoms with E-state index < -0.39 is 29.3 Å². The highest BCUT2D eigenvalue weighted by atomic mass is 16.7. The molecule has 0 bridgehead atoms. The number of carbonyl (C=O) groups excluding carboxylic acids is 4. The van der Waals surface area contributed by atoms with Crippen LogP contribution < -0.4 is 0 Å². The third-order valence-corrected chi connectivity index (χ3v) is 16.6. The van der Waals surface area contributed by atoms with E-state index in [2.05, 4.69) is 20.6 Å². The molecule has 0 saturated heterocycles. The highest BCUT2D eigenvalue weighted by molar-refractivity contribution is 5.75. The minimum Gasteiger partial charge on any atom is -0.507 e. The van der Waals surface area contributed by atoms with Crippen LogP contribution in [0.15, 0.2) is 69.2 Å². The number of carbonyl (C=O) groups is 4. The van der Waals surface area contributed by atoms with E-state index in [-0.39, 0.29) is 118 Å². The minimum atomic E-state index is -1.02. The lowest BCUT2D eigenvalue weighted by Gasteiger charge is -2.28. The lowest BCUT2D eigenvalue weighted by atomic mass is 9.76. The molecule has 0 spiro atoms. The highest BCUT2D eigenvalue weighted by Gasteiger charge is 2.33. The van der Waals surface area contributed by atoms with Crippen LogP contribution in [0.5, 0.6) is 23.0 Å². The average molecular weight is 1290 g/mol. The summed E-state index contributed by atoms with van der Waals surface area (Å²) >= 11 is 0. The summed E-state index contributed by atoms with van der Waals surface area (Å²) in [6.07, 6.45) is 7.20. The van der Waals surface area contributed by atoms with Crippen LogP contribution in [0.3, 0.4) is 0 Å². The second-order valence-electron chi connectivity index (χ2n) is 33.5. The molecule has 0 aliphatic carbocycles. The van der Waals surface area contributed by atoms with Gasteiger partial charge in [-0.15, -0.1) is 0 Å². The number of phenolic OH excluding ortho intramolecular Hbond substituents is 4. The first-order valence-corrected chi connectivity index (χ1v) is 32.8. The number of nitrogens with zero attached hydrogens (tertiary/aromatic N) is 4. The fourth-order valence-corrected chi connectivity index (χ4v) is 10.9. The lowest BCUT2D eigenvalue weighted by molar-refractivity contribution is -0.144. The van der Waals surface area contributed by atoms with Crippen molar-refractivity contribution >= 4 is 48.7 Å². The fraction of sp³-hybridized carbons (Fsp3) is 0.584. The van der Waals surface area contributed by atoms with Gasteiger partial charge >= 0.3 is 23.9 Å². The zero-order valence-corrected chi connectivity index (χ0v) is 60.8. The molecule has 0 aliphatic heterocycles. The molecule has 93 heavy (non-hydrogen) atoms. The van der Waals surface area contributed by atoms with Crippen molar-refractivity contribution in [1.29, 1.82) is 0 Å². The van der Waals surface area contributed by atoms with Crippen LogP contribution in [0, 0.1) is 5.41 Å². The third-order valence-electron chi connectivity index (χ3n) is 16.6. The molecule has 0 saturated carbocycles. The quantitative estimate of drug-likeness (QED) is 0.0291. The molecule has 4 aromatic rings. The van der Waals surface area contributed by atoms with Gasteiger partial charge in [-0.25, -0.2) is 19.2 Å². The van der Waals surface area contributed by atoms with Crippen LogP contribution in [0.2, 0.25) is 0 Å². The molecule has 0 aliphatic rings. The molecular weight excluding hydrogens is 1170 g/mol. The number of hydrogen-bond donors (Lipinski definition) is 4. The van der Waals surface area contributed by atoms with Crippen molar-refractivity contribution in [2.45, 2.75) is 287 Å². The number of oxime groups is 4. The van der Waals surface area contributed by atoms with Crippen LogP contribution in [0.4, 0.5) is 0 Å². The maximum atomic E-state index is 13.4. The molecule has 0 amide bonds. The number of aryl methyl sites for hydroxylation is 4. The summed E-state index contributed by atoms with van der Waals surface area (Å²) in [5, 5.41) is 61.7. The average Bonchev–Trinajstić information content (AvgIpc) is 0.841. The van der Waals surface area contributed by atoms with Gasteiger partial charge in [0.25, 0.3) is 0 Å². The molecule has 0 atom stereocenters. The molecule has 16 nitrogen and oxygen atoms in total. The van der Waals surface area contributed by atoms with Crippen molar-refractivity contribution in [2.75, 3.05) is 0 Å². The Labute approximate surface area is 556 Å². The van der Waals surface area contributed by atoms with Gasteiger partial charge in [0.15, 0.2) is 0 Å². The van der Waals surface area contributed by atoms with Crippen molar-refractivity contribution in [1.82, 2.24) is 0 Å². The molecule has 0 fully saturated rings. The maximum absolute atomic E-state index is 13.4. The Hall–Kier alpha value is -7.36. The van der Waals surface area contributed by atoms with Crippen molar-refractivity contribution in [3.8, 4) is 23.0 Å². The van der Waals surface area contributed by atoms with Gasteiger partial charge in [0.05, 0.1) is 25.7 Å². The molecule has 0 unspecified atom stereocenters. The Kier molecular flexibility index (Phi) is 25.9. The predicted octanol–water partition coefficient (Wildman–Crippen LogP) is 17.4. The highest BCUT2D eigenvalue weighted by Crippen LogP contribution is 2.44. The van der Waals surface area contributed by atoms with Crippen molar-refractivity contribution in [2.24, 2.45) is 26.0 Å². The van der Waals surface area contributed by atoms with Gasteiger partial charge < -0.3 is 39.8 Å². The second kappa shape index (κ2) is 30.8. The zero-order chi connectivity index (χ0) is 70.7. The number of rotatable bonds is 24. The minimum absolute atomic E-state index is 0.0127. The molecule has 0 radical (unpaired) electrons. The summed E-state index contributed by atoms with van der Waals surface area (Å²) in [6, 6.07) is 15.4. The topological polar surface area (TPSA) is 236 Å². The summed E-state index contributed by atoms with van der Waals surface area (Å²) < 4.78 is 0. The van der Waals surface area contributed by atoms with E-state index >= 15 is 0 Å². The van der Waals surface area contributed by atoms with Crippen LogP contribution in [-0.2, 0) is 108 Å². The van der Waals surface area contributed by atoms with Gasteiger partial charge in [-0.05, 0) is 167 Å². The van der Waals surface area contributed by atoms with Gasteiger partial charge in [0.1, 0.15) is 23.0 Å². The zero-order valence-electron chi connectivity index (χ0n) is 60.8. The van der Waals surface area contributed by atoms with E-state index in [1.807, 2.05) is 215 Å². The van der Waals surface area contributed by atoms with Crippen LogP contribution in [0.1, 0.15) is 284 Å². The molecule has 4 rings (SSSR count). The van der Waals surface area contributed by atoms with Crippen molar-refractivity contribution < 1.29 is 59.0 Å². The Morgan fingerprint density at radius 1 is 0.290 bits per heavy atom. The monoisotopic (exact) mass is 1280 g/mol. The molecule has 16 heteroatoms. The largest absolute Gasteiger partial charge is 0.507 e. The summed E-state index contributed by atoms with van der Waals surface area (Å²) in [5.74, 6) is -1.43. The Balaban J connectivity index is 1.69. The van der Waals surface area contributed by atoms with Crippen LogP contribution in [0.25, 0.3) is 0 Å². The smallest absolute Gasteiger partial charge is 0.335 e. The molecular formula is C77H112N4O12. The van der Waals surface area contributed by atoms with E-state index in [1.165, 1.54) is 24.9 Å². The Morgan fingerprint density at radius 3 is 0.559 bits per heavy atom. The first kappa shape index (κ1) is 78.1.